The van der Waals surface area contributed by atoms with E-state index in [-0.39, 0.29) is 29.6 Å². The van der Waals surface area contributed by atoms with Gasteiger partial charge in [0.05, 0.1) is 20.3 Å². The lowest BCUT2D eigenvalue weighted by atomic mass is 9.86. The Hall–Kier alpha value is -4.03. The number of hydrogen-bond acceptors (Lipinski definition) is 6. The molecule has 0 amide bonds. The second-order valence-corrected chi connectivity index (χ2v) is 9.66. The Morgan fingerprint density at radius 1 is 0.737 bits per heavy atom. The van der Waals surface area contributed by atoms with E-state index in [0.717, 1.165) is 27.5 Å². The summed E-state index contributed by atoms with van der Waals surface area (Å²) in [6, 6.07) is 24.6. The van der Waals surface area contributed by atoms with Gasteiger partial charge in [-0.2, -0.15) is 0 Å². The Morgan fingerprint density at radius 2 is 1.29 bits per heavy atom. The van der Waals surface area contributed by atoms with Gasteiger partial charge in [-0.15, -0.1) is 0 Å². The van der Waals surface area contributed by atoms with Crippen molar-refractivity contribution in [3.05, 3.63) is 95.6 Å². The SMILES string of the molecule is COc1cc(CCC(O)CC(=O)C(Cc2ccc(O)c(OC)c2)Cc2ccc3ccccc3c2)ccc1O. The number of carbonyl (C=O) groups excluding carboxylic acids is 1. The lowest BCUT2D eigenvalue weighted by Gasteiger charge is -2.19. The number of phenolic OH excluding ortho intramolecular Hbond substituents is 2. The van der Waals surface area contributed by atoms with Crippen LogP contribution in [0.1, 0.15) is 29.5 Å². The molecule has 0 aliphatic heterocycles. The largest absolute Gasteiger partial charge is 0.504 e. The zero-order valence-corrected chi connectivity index (χ0v) is 21.8. The molecule has 198 valence electrons. The van der Waals surface area contributed by atoms with Crippen LogP contribution in [0.2, 0.25) is 0 Å². The number of ketones is 1. The molecule has 0 saturated carbocycles. The Balaban J connectivity index is 1.49. The highest BCUT2D eigenvalue weighted by Gasteiger charge is 2.23. The molecule has 2 unspecified atom stereocenters. The minimum atomic E-state index is -0.796. The highest BCUT2D eigenvalue weighted by Crippen LogP contribution is 2.30. The minimum absolute atomic E-state index is 0.0130. The molecule has 6 nitrogen and oxygen atoms in total. The second kappa shape index (κ2) is 12.5. The molecule has 0 aliphatic carbocycles. The number of Topliss-reactive ketones (excluding diaryl/α,β-unsaturated/α-hetero) is 1. The van der Waals surface area contributed by atoms with Crippen molar-refractivity contribution in [3.63, 3.8) is 0 Å². The molecule has 0 saturated heterocycles. The third kappa shape index (κ3) is 6.84. The fourth-order valence-corrected chi connectivity index (χ4v) is 4.80. The molecule has 4 rings (SSSR count). The number of fused-ring (bicyclic) bond motifs is 1. The van der Waals surface area contributed by atoms with Gasteiger partial charge in [0.2, 0.25) is 0 Å². The number of aromatic hydroxyl groups is 2. The monoisotopic (exact) mass is 514 g/mol. The van der Waals surface area contributed by atoms with Gasteiger partial charge in [-0.05, 0) is 77.4 Å². The van der Waals surface area contributed by atoms with E-state index in [1.807, 2.05) is 12.1 Å². The number of rotatable bonds is 12. The highest BCUT2D eigenvalue weighted by molar-refractivity contribution is 5.84. The van der Waals surface area contributed by atoms with E-state index in [4.69, 9.17) is 9.47 Å². The molecule has 0 fully saturated rings. The quantitative estimate of drug-likeness (QED) is 0.227. The zero-order valence-electron chi connectivity index (χ0n) is 21.8. The average molecular weight is 515 g/mol. The molecule has 0 spiro atoms. The molecule has 4 aromatic rings. The second-order valence-electron chi connectivity index (χ2n) is 9.66. The molecule has 0 aromatic heterocycles. The highest BCUT2D eigenvalue weighted by atomic mass is 16.5. The fraction of sp³-hybridized carbons (Fsp3) is 0.281. The number of aliphatic hydroxyl groups is 1. The first kappa shape index (κ1) is 27.0. The van der Waals surface area contributed by atoms with Crippen LogP contribution in [-0.4, -0.2) is 41.4 Å². The summed E-state index contributed by atoms with van der Waals surface area (Å²) in [4.78, 5) is 13.5. The molecular weight excluding hydrogens is 480 g/mol. The number of hydrogen-bond donors (Lipinski definition) is 3. The topological polar surface area (TPSA) is 96.2 Å². The van der Waals surface area contributed by atoms with Gasteiger partial charge in [0, 0.05) is 12.3 Å². The van der Waals surface area contributed by atoms with Crippen molar-refractivity contribution in [1.29, 1.82) is 0 Å². The van der Waals surface area contributed by atoms with E-state index < -0.39 is 6.10 Å². The van der Waals surface area contributed by atoms with Gasteiger partial charge in [0.25, 0.3) is 0 Å². The van der Waals surface area contributed by atoms with Gasteiger partial charge in [0.15, 0.2) is 23.0 Å². The Labute approximate surface area is 223 Å². The number of carbonyl (C=O) groups is 1. The van der Waals surface area contributed by atoms with Crippen LogP contribution in [0.5, 0.6) is 23.0 Å². The van der Waals surface area contributed by atoms with E-state index in [0.29, 0.717) is 37.2 Å². The molecule has 6 heteroatoms. The number of methoxy groups -OCH3 is 2. The van der Waals surface area contributed by atoms with Crippen LogP contribution in [0.3, 0.4) is 0 Å². The summed E-state index contributed by atoms with van der Waals surface area (Å²) >= 11 is 0. The number of benzene rings is 4. The van der Waals surface area contributed by atoms with Gasteiger partial charge in [-0.3, -0.25) is 4.79 Å². The van der Waals surface area contributed by atoms with Crippen molar-refractivity contribution in [1.82, 2.24) is 0 Å². The van der Waals surface area contributed by atoms with E-state index in [2.05, 4.69) is 30.3 Å². The van der Waals surface area contributed by atoms with E-state index in [1.54, 1.807) is 36.4 Å². The molecule has 3 N–H and O–H groups in total. The summed E-state index contributed by atoms with van der Waals surface area (Å²) in [5.74, 6) is 0.496. The van der Waals surface area contributed by atoms with Crippen LogP contribution < -0.4 is 9.47 Å². The normalized spacial score (nSPS) is 12.7. The van der Waals surface area contributed by atoms with Gasteiger partial charge < -0.3 is 24.8 Å². The summed E-state index contributed by atoms with van der Waals surface area (Å²) in [5, 5.41) is 32.8. The van der Waals surface area contributed by atoms with E-state index >= 15 is 0 Å². The van der Waals surface area contributed by atoms with Crippen molar-refractivity contribution in [2.45, 2.75) is 38.2 Å². The molecule has 2 atom stereocenters. The lowest BCUT2D eigenvalue weighted by Crippen LogP contribution is -2.25. The zero-order chi connectivity index (χ0) is 27.1. The standard InChI is InChI=1S/C32H34O6/c1-37-31-18-21(9-13-28(31)34)8-12-27(33)20-30(36)26(17-23-10-14-29(35)32(19-23)38-2)16-22-7-11-24-5-3-4-6-25(24)15-22/h3-7,9-11,13-15,18-19,26-27,33-35H,8,12,16-17,20H2,1-2H3. The third-order valence-corrected chi connectivity index (χ3v) is 6.92. The summed E-state index contributed by atoms with van der Waals surface area (Å²) in [7, 11) is 2.99. The Kier molecular flexibility index (Phi) is 8.87. The summed E-state index contributed by atoms with van der Waals surface area (Å²) in [5.41, 5.74) is 2.85. The van der Waals surface area contributed by atoms with Crippen LogP contribution in [0.4, 0.5) is 0 Å². The summed E-state index contributed by atoms with van der Waals surface area (Å²) in [6.45, 7) is 0. The first-order chi connectivity index (χ1) is 18.4. The van der Waals surface area contributed by atoms with Gasteiger partial charge in [-0.25, -0.2) is 0 Å². The van der Waals surface area contributed by atoms with Gasteiger partial charge in [0.1, 0.15) is 5.78 Å². The maximum atomic E-state index is 13.5. The molecule has 0 bridgehead atoms. The van der Waals surface area contributed by atoms with Crippen LogP contribution in [0, 0.1) is 5.92 Å². The summed E-state index contributed by atoms with van der Waals surface area (Å²) in [6.07, 6.45) is 1.21. The van der Waals surface area contributed by atoms with E-state index in [9.17, 15) is 20.1 Å². The maximum Gasteiger partial charge on any atom is 0.160 e. The number of aryl methyl sites for hydroxylation is 1. The smallest absolute Gasteiger partial charge is 0.160 e. The first-order valence-corrected chi connectivity index (χ1v) is 12.8. The van der Waals surface area contributed by atoms with Gasteiger partial charge in [-0.1, -0.05) is 54.6 Å². The number of aliphatic hydroxyl groups excluding tert-OH is 1. The van der Waals surface area contributed by atoms with Crippen LogP contribution in [0.15, 0.2) is 78.9 Å². The molecule has 0 aliphatic rings. The molecular formula is C32H34O6. The van der Waals surface area contributed by atoms with Crippen molar-refractivity contribution in [3.8, 4) is 23.0 Å². The molecule has 4 aromatic carbocycles. The van der Waals surface area contributed by atoms with Crippen molar-refractivity contribution in [2.24, 2.45) is 5.92 Å². The van der Waals surface area contributed by atoms with E-state index in [1.165, 1.54) is 14.2 Å². The Bertz CT molecular complexity index is 1400. The van der Waals surface area contributed by atoms with Crippen molar-refractivity contribution in [2.75, 3.05) is 14.2 Å². The first-order valence-electron chi connectivity index (χ1n) is 12.8. The average Bonchev–Trinajstić information content (AvgIpc) is 2.93. The Morgan fingerprint density at radius 3 is 1.95 bits per heavy atom. The number of phenols is 2. The summed E-state index contributed by atoms with van der Waals surface area (Å²) < 4.78 is 10.4. The minimum Gasteiger partial charge on any atom is -0.504 e. The van der Waals surface area contributed by atoms with Crippen molar-refractivity contribution < 1.29 is 29.6 Å². The predicted octanol–water partition coefficient (Wildman–Crippen LogP) is 5.62. The molecule has 38 heavy (non-hydrogen) atoms. The fourth-order valence-electron chi connectivity index (χ4n) is 4.80. The van der Waals surface area contributed by atoms with Crippen LogP contribution in [-0.2, 0) is 24.1 Å². The maximum absolute atomic E-state index is 13.5. The third-order valence-electron chi connectivity index (χ3n) is 6.92. The predicted molar refractivity (Wildman–Crippen MR) is 148 cm³/mol. The lowest BCUT2D eigenvalue weighted by molar-refractivity contribution is -0.124. The van der Waals surface area contributed by atoms with Gasteiger partial charge >= 0.3 is 0 Å². The number of ether oxygens (including phenoxy) is 2. The van der Waals surface area contributed by atoms with Crippen LogP contribution >= 0.6 is 0 Å². The molecule has 0 heterocycles. The van der Waals surface area contributed by atoms with Crippen LogP contribution in [0.25, 0.3) is 10.8 Å². The molecule has 0 radical (unpaired) electrons. The van der Waals surface area contributed by atoms with Crippen molar-refractivity contribution >= 4 is 16.6 Å².